The highest BCUT2D eigenvalue weighted by Crippen LogP contribution is 2.15. The van der Waals surface area contributed by atoms with E-state index in [1.54, 1.807) is 13.2 Å². The first-order valence-electron chi connectivity index (χ1n) is 6.54. The highest BCUT2D eigenvalue weighted by molar-refractivity contribution is 5.38. The van der Waals surface area contributed by atoms with Gasteiger partial charge in [0.25, 0.3) is 0 Å². The molecule has 0 bridgehead atoms. The molecule has 0 saturated carbocycles. The van der Waals surface area contributed by atoms with E-state index in [-0.39, 0.29) is 6.10 Å². The number of rotatable bonds is 9. The van der Waals surface area contributed by atoms with Crippen molar-refractivity contribution in [3.63, 3.8) is 0 Å². The summed E-state index contributed by atoms with van der Waals surface area (Å²) in [5.74, 6) is 1.89. The summed E-state index contributed by atoms with van der Waals surface area (Å²) in [4.78, 5) is 8.68. The molecule has 6 heteroatoms. The van der Waals surface area contributed by atoms with Crippen molar-refractivity contribution >= 4 is 5.82 Å². The Morgan fingerprint density at radius 3 is 2.74 bits per heavy atom. The van der Waals surface area contributed by atoms with Gasteiger partial charge in [0.2, 0.25) is 5.88 Å². The molecular weight excluding hydrogens is 246 g/mol. The molecule has 1 aromatic heterocycles. The quantitative estimate of drug-likeness (QED) is 0.738. The second-order valence-corrected chi connectivity index (χ2v) is 4.06. The van der Waals surface area contributed by atoms with Crippen molar-refractivity contribution in [3.8, 4) is 5.88 Å². The van der Waals surface area contributed by atoms with E-state index < -0.39 is 0 Å². The highest BCUT2D eigenvalue weighted by atomic mass is 16.5. The molecule has 0 spiro atoms. The third-order valence-corrected chi connectivity index (χ3v) is 2.27. The molecule has 0 aliphatic carbocycles. The molecule has 1 N–H and O–H groups in total. The third-order valence-electron chi connectivity index (χ3n) is 2.27. The fourth-order valence-corrected chi connectivity index (χ4v) is 1.54. The summed E-state index contributed by atoms with van der Waals surface area (Å²) in [6, 6.07) is 1.78. The van der Waals surface area contributed by atoms with Gasteiger partial charge >= 0.3 is 0 Å². The summed E-state index contributed by atoms with van der Waals surface area (Å²) >= 11 is 0. The van der Waals surface area contributed by atoms with Crippen LogP contribution in [0.15, 0.2) is 6.07 Å². The molecule has 0 aliphatic heterocycles. The van der Waals surface area contributed by atoms with Crippen LogP contribution in [-0.4, -0.2) is 42.9 Å². The van der Waals surface area contributed by atoms with E-state index in [0.717, 1.165) is 12.4 Å². The molecule has 0 radical (unpaired) electrons. The summed E-state index contributed by atoms with van der Waals surface area (Å²) < 4.78 is 16.1. The molecule has 0 fully saturated rings. The maximum atomic E-state index is 5.69. The Hall–Kier alpha value is -1.40. The Bertz CT molecular complexity index is 374. The maximum absolute atomic E-state index is 5.69. The first kappa shape index (κ1) is 15.7. The van der Waals surface area contributed by atoms with Crippen LogP contribution >= 0.6 is 0 Å². The smallest absolute Gasteiger partial charge is 0.219 e. The highest BCUT2D eigenvalue weighted by Gasteiger charge is 2.09. The number of ether oxygens (including phenoxy) is 3. The van der Waals surface area contributed by atoms with Gasteiger partial charge in [-0.05, 0) is 20.8 Å². The van der Waals surface area contributed by atoms with Crippen LogP contribution in [0.25, 0.3) is 0 Å². The number of hydrogen-bond acceptors (Lipinski definition) is 6. The van der Waals surface area contributed by atoms with E-state index in [0.29, 0.717) is 31.5 Å². The van der Waals surface area contributed by atoms with Crippen LogP contribution in [0.5, 0.6) is 5.88 Å². The number of nitrogens with zero attached hydrogens (tertiary/aromatic N) is 2. The molecule has 1 unspecified atom stereocenters. The van der Waals surface area contributed by atoms with Crippen LogP contribution in [0.2, 0.25) is 0 Å². The fourth-order valence-electron chi connectivity index (χ4n) is 1.54. The number of methoxy groups -OCH3 is 1. The molecule has 1 rings (SSSR count). The van der Waals surface area contributed by atoms with Crippen LogP contribution in [0.3, 0.4) is 0 Å². The monoisotopic (exact) mass is 269 g/mol. The van der Waals surface area contributed by atoms with Crippen molar-refractivity contribution in [1.82, 2.24) is 9.97 Å². The first-order valence-corrected chi connectivity index (χ1v) is 6.54. The van der Waals surface area contributed by atoms with Gasteiger partial charge in [-0.2, -0.15) is 4.98 Å². The lowest BCUT2D eigenvalue weighted by atomic mass is 10.4. The lowest BCUT2D eigenvalue weighted by Gasteiger charge is -2.14. The number of aromatic nitrogens is 2. The predicted molar refractivity (Wildman–Crippen MR) is 73.5 cm³/mol. The molecule has 6 nitrogen and oxygen atoms in total. The van der Waals surface area contributed by atoms with Gasteiger partial charge in [-0.15, -0.1) is 0 Å². The van der Waals surface area contributed by atoms with Crippen LogP contribution in [0, 0.1) is 0 Å². The standard InChI is InChI=1S/C13H23N3O3/c1-5-14-11-7-13(19-10(3)8-17-4)16-12(15-11)9-18-6-2/h7,10H,5-6,8-9H2,1-4H3,(H,14,15,16). The second-order valence-electron chi connectivity index (χ2n) is 4.06. The van der Waals surface area contributed by atoms with Gasteiger partial charge in [-0.1, -0.05) is 0 Å². The normalized spacial score (nSPS) is 12.2. The van der Waals surface area contributed by atoms with E-state index in [1.807, 2.05) is 20.8 Å². The number of hydrogen-bond donors (Lipinski definition) is 1. The van der Waals surface area contributed by atoms with E-state index >= 15 is 0 Å². The number of nitrogens with one attached hydrogen (secondary N) is 1. The molecule has 1 atom stereocenters. The Morgan fingerprint density at radius 1 is 1.32 bits per heavy atom. The van der Waals surface area contributed by atoms with Crippen molar-refractivity contribution < 1.29 is 14.2 Å². The molecule has 0 saturated heterocycles. The summed E-state index contributed by atoms with van der Waals surface area (Å²) in [5.41, 5.74) is 0. The summed E-state index contributed by atoms with van der Waals surface area (Å²) in [6.45, 7) is 8.20. The summed E-state index contributed by atoms with van der Waals surface area (Å²) in [6.07, 6.45) is -0.0608. The first-order chi connectivity index (χ1) is 9.19. The maximum Gasteiger partial charge on any atom is 0.219 e. The van der Waals surface area contributed by atoms with Crippen LogP contribution in [0.1, 0.15) is 26.6 Å². The molecule has 0 amide bonds. The topological polar surface area (TPSA) is 65.5 Å². The number of anilines is 1. The predicted octanol–water partition coefficient (Wildman–Crippen LogP) is 1.86. The van der Waals surface area contributed by atoms with Crippen molar-refractivity contribution in [2.75, 3.05) is 32.2 Å². The molecule has 0 aromatic carbocycles. The van der Waals surface area contributed by atoms with Crippen molar-refractivity contribution in [2.24, 2.45) is 0 Å². The Balaban J connectivity index is 2.79. The van der Waals surface area contributed by atoms with Gasteiger partial charge in [0.15, 0.2) is 5.82 Å². The van der Waals surface area contributed by atoms with Crippen LogP contribution < -0.4 is 10.1 Å². The molecule has 1 heterocycles. The second kappa shape index (κ2) is 8.66. The third kappa shape index (κ3) is 5.85. The van der Waals surface area contributed by atoms with Gasteiger partial charge in [-0.3, -0.25) is 0 Å². The van der Waals surface area contributed by atoms with Gasteiger partial charge in [0, 0.05) is 26.3 Å². The largest absolute Gasteiger partial charge is 0.472 e. The van der Waals surface area contributed by atoms with Crippen LogP contribution in [0.4, 0.5) is 5.82 Å². The summed E-state index contributed by atoms with van der Waals surface area (Å²) in [7, 11) is 1.64. The van der Waals surface area contributed by atoms with Gasteiger partial charge in [0.05, 0.1) is 6.61 Å². The van der Waals surface area contributed by atoms with E-state index in [4.69, 9.17) is 14.2 Å². The fraction of sp³-hybridized carbons (Fsp3) is 0.692. The zero-order valence-electron chi connectivity index (χ0n) is 12.1. The molecule has 0 aliphatic rings. The molecule has 19 heavy (non-hydrogen) atoms. The van der Waals surface area contributed by atoms with Gasteiger partial charge < -0.3 is 19.5 Å². The van der Waals surface area contributed by atoms with Gasteiger partial charge in [-0.25, -0.2) is 4.98 Å². The van der Waals surface area contributed by atoms with Gasteiger partial charge in [0.1, 0.15) is 18.5 Å². The minimum Gasteiger partial charge on any atom is -0.472 e. The lowest BCUT2D eigenvalue weighted by molar-refractivity contribution is 0.0874. The zero-order chi connectivity index (χ0) is 14.1. The minimum atomic E-state index is -0.0608. The SMILES string of the molecule is CCNc1cc(OC(C)COC)nc(COCC)n1. The van der Waals surface area contributed by atoms with Crippen molar-refractivity contribution in [2.45, 2.75) is 33.5 Å². The molecule has 1 aromatic rings. The Morgan fingerprint density at radius 2 is 2.11 bits per heavy atom. The van der Waals surface area contributed by atoms with Crippen LogP contribution in [-0.2, 0) is 16.1 Å². The van der Waals surface area contributed by atoms with E-state index in [9.17, 15) is 0 Å². The van der Waals surface area contributed by atoms with Crippen molar-refractivity contribution in [1.29, 1.82) is 0 Å². The Labute approximate surface area is 114 Å². The van der Waals surface area contributed by atoms with Crippen molar-refractivity contribution in [3.05, 3.63) is 11.9 Å². The van der Waals surface area contributed by atoms with E-state index in [2.05, 4.69) is 15.3 Å². The lowest BCUT2D eigenvalue weighted by Crippen LogP contribution is -2.19. The van der Waals surface area contributed by atoms with E-state index in [1.165, 1.54) is 0 Å². The minimum absolute atomic E-state index is 0.0608. The summed E-state index contributed by atoms with van der Waals surface area (Å²) in [5, 5.41) is 3.15. The molecular formula is C13H23N3O3. The Kier molecular flexibility index (Phi) is 7.14. The molecule has 108 valence electrons. The zero-order valence-corrected chi connectivity index (χ0v) is 12.1. The average Bonchev–Trinajstić information content (AvgIpc) is 2.36. The average molecular weight is 269 g/mol.